The fraction of sp³-hybridized carbons (Fsp3) is 0.727. The summed E-state index contributed by atoms with van der Waals surface area (Å²) >= 11 is 1.71. The fourth-order valence-electron chi connectivity index (χ4n) is 1.30. The van der Waals surface area contributed by atoms with Gasteiger partial charge in [0.1, 0.15) is 5.01 Å². The number of aromatic nitrogens is 1. The van der Waals surface area contributed by atoms with Crippen molar-refractivity contribution in [1.82, 2.24) is 10.3 Å². The molecule has 0 radical (unpaired) electrons. The van der Waals surface area contributed by atoms with E-state index in [4.69, 9.17) is 5.73 Å². The van der Waals surface area contributed by atoms with Gasteiger partial charge in [0.25, 0.3) is 0 Å². The Balaban J connectivity index is 2.32. The number of hydrogen-bond acceptors (Lipinski definition) is 4. The minimum Gasteiger partial charge on any atom is -0.330 e. The van der Waals surface area contributed by atoms with E-state index in [1.165, 1.54) is 0 Å². The maximum atomic E-state index is 5.75. The van der Waals surface area contributed by atoms with Gasteiger partial charge in [-0.15, -0.1) is 11.3 Å². The van der Waals surface area contributed by atoms with Gasteiger partial charge in [-0.25, -0.2) is 4.98 Å². The van der Waals surface area contributed by atoms with Crippen LogP contribution in [0.5, 0.6) is 0 Å². The van der Waals surface area contributed by atoms with Crippen LogP contribution in [0, 0.1) is 12.3 Å². The summed E-state index contributed by atoms with van der Waals surface area (Å²) in [5, 5.41) is 6.66. The number of nitrogens with one attached hydrogen (secondary N) is 1. The molecule has 1 heterocycles. The highest BCUT2D eigenvalue weighted by molar-refractivity contribution is 7.09. The lowest BCUT2D eigenvalue weighted by Crippen LogP contribution is -2.37. The van der Waals surface area contributed by atoms with Crippen molar-refractivity contribution in [2.75, 3.05) is 13.1 Å². The van der Waals surface area contributed by atoms with E-state index in [1.807, 2.05) is 6.92 Å². The number of aryl methyl sites for hydroxylation is 1. The normalized spacial score (nSPS) is 15.2. The molecule has 0 bridgehead atoms. The summed E-state index contributed by atoms with van der Waals surface area (Å²) in [6, 6.07) is 0. The molecule has 0 saturated heterocycles. The van der Waals surface area contributed by atoms with Crippen molar-refractivity contribution in [3.63, 3.8) is 0 Å². The van der Waals surface area contributed by atoms with Crippen LogP contribution < -0.4 is 11.1 Å². The van der Waals surface area contributed by atoms with Crippen LogP contribution in [0.2, 0.25) is 0 Å². The van der Waals surface area contributed by atoms with Gasteiger partial charge in [0.15, 0.2) is 0 Å². The number of nitrogens with two attached hydrogens (primary N) is 1. The van der Waals surface area contributed by atoms with Crippen LogP contribution in [-0.4, -0.2) is 18.1 Å². The second-order valence-corrected chi connectivity index (χ2v) is 5.30. The first-order chi connectivity index (χ1) is 7.09. The summed E-state index contributed by atoms with van der Waals surface area (Å²) in [4.78, 5) is 4.41. The van der Waals surface area contributed by atoms with Gasteiger partial charge in [0, 0.05) is 24.2 Å². The highest BCUT2D eigenvalue weighted by atomic mass is 32.1. The van der Waals surface area contributed by atoms with E-state index in [1.54, 1.807) is 11.3 Å². The maximum absolute atomic E-state index is 5.75. The molecule has 1 rings (SSSR count). The molecule has 0 aliphatic rings. The third kappa shape index (κ3) is 3.89. The Morgan fingerprint density at radius 1 is 1.60 bits per heavy atom. The molecule has 86 valence electrons. The first-order valence-electron chi connectivity index (χ1n) is 5.41. The van der Waals surface area contributed by atoms with Crippen molar-refractivity contribution >= 4 is 11.3 Å². The van der Waals surface area contributed by atoms with Gasteiger partial charge in [0.2, 0.25) is 0 Å². The quantitative estimate of drug-likeness (QED) is 0.780. The molecular weight excluding hydrogens is 206 g/mol. The molecule has 1 aromatic heterocycles. The predicted octanol–water partition coefficient (Wildman–Crippen LogP) is 1.92. The molecule has 0 amide bonds. The standard InChI is InChI=1S/C11H21N3S/c1-4-11(3,7-12)8-13-5-10-14-9(2)6-15-10/h6,13H,4-5,7-8,12H2,1-3H3. The molecular formula is C11H21N3S. The van der Waals surface area contributed by atoms with Crippen molar-refractivity contribution < 1.29 is 0 Å². The monoisotopic (exact) mass is 227 g/mol. The SMILES string of the molecule is CCC(C)(CN)CNCc1nc(C)cs1. The van der Waals surface area contributed by atoms with Gasteiger partial charge < -0.3 is 11.1 Å². The van der Waals surface area contributed by atoms with Crippen LogP contribution in [0.4, 0.5) is 0 Å². The zero-order valence-electron chi connectivity index (χ0n) is 9.84. The van der Waals surface area contributed by atoms with Crippen LogP contribution in [-0.2, 0) is 6.54 Å². The van der Waals surface area contributed by atoms with Gasteiger partial charge in [-0.1, -0.05) is 13.8 Å². The van der Waals surface area contributed by atoms with Crippen LogP contribution in [0.1, 0.15) is 31.0 Å². The smallest absolute Gasteiger partial charge is 0.107 e. The lowest BCUT2D eigenvalue weighted by molar-refractivity contribution is 0.303. The predicted molar refractivity (Wildman–Crippen MR) is 66.0 cm³/mol. The summed E-state index contributed by atoms with van der Waals surface area (Å²) in [6.07, 6.45) is 1.10. The van der Waals surface area contributed by atoms with Crippen LogP contribution in [0.15, 0.2) is 5.38 Å². The zero-order valence-corrected chi connectivity index (χ0v) is 10.7. The molecule has 3 nitrogen and oxygen atoms in total. The molecule has 0 saturated carbocycles. The largest absolute Gasteiger partial charge is 0.330 e. The van der Waals surface area contributed by atoms with E-state index in [0.717, 1.165) is 36.8 Å². The van der Waals surface area contributed by atoms with E-state index in [0.29, 0.717) is 0 Å². The summed E-state index contributed by atoms with van der Waals surface area (Å²) in [6.45, 7) is 8.96. The number of thiazole rings is 1. The summed E-state index contributed by atoms with van der Waals surface area (Å²) < 4.78 is 0. The van der Waals surface area contributed by atoms with E-state index < -0.39 is 0 Å². The number of nitrogens with zero attached hydrogens (tertiary/aromatic N) is 1. The Kier molecular flexibility index (Phi) is 4.70. The van der Waals surface area contributed by atoms with Crippen molar-refractivity contribution in [2.45, 2.75) is 33.7 Å². The molecule has 0 spiro atoms. The third-order valence-corrected chi connectivity index (χ3v) is 3.81. The topological polar surface area (TPSA) is 50.9 Å². The fourth-order valence-corrected chi connectivity index (χ4v) is 2.04. The average molecular weight is 227 g/mol. The molecule has 4 heteroatoms. The van der Waals surface area contributed by atoms with E-state index in [9.17, 15) is 0 Å². The van der Waals surface area contributed by atoms with Gasteiger partial charge in [0.05, 0.1) is 0 Å². The average Bonchev–Trinajstić information content (AvgIpc) is 2.64. The Morgan fingerprint density at radius 3 is 2.80 bits per heavy atom. The Morgan fingerprint density at radius 2 is 2.33 bits per heavy atom. The summed E-state index contributed by atoms with van der Waals surface area (Å²) in [7, 11) is 0. The molecule has 0 aromatic carbocycles. The zero-order chi connectivity index (χ0) is 11.3. The van der Waals surface area contributed by atoms with Crippen molar-refractivity contribution in [1.29, 1.82) is 0 Å². The molecule has 3 N–H and O–H groups in total. The van der Waals surface area contributed by atoms with Gasteiger partial charge >= 0.3 is 0 Å². The van der Waals surface area contributed by atoms with Gasteiger partial charge in [-0.2, -0.15) is 0 Å². The lowest BCUT2D eigenvalue weighted by atomic mass is 9.88. The van der Waals surface area contributed by atoms with Crippen LogP contribution in [0.3, 0.4) is 0 Å². The lowest BCUT2D eigenvalue weighted by Gasteiger charge is -2.26. The molecule has 0 aliphatic carbocycles. The first kappa shape index (κ1) is 12.6. The number of rotatable bonds is 6. The van der Waals surface area contributed by atoms with E-state index >= 15 is 0 Å². The second-order valence-electron chi connectivity index (χ2n) is 4.35. The molecule has 1 aromatic rings. The molecule has 1 atom stereocenters. The Hall–Kier alpha value is -0.450. The van der Waals surface area contributed by atoms with Crippen LogP contribution in [0.25, 0.3) is 0 Å². The van der Waals surface area contributed by atoms with Crippen LogP contribution >= 0.6 is 11.3 Å². The molecule has 1 unspecified atom stereocenters. The Labute approximate surface area is 96.1 Å². The Bertz CT molecular complexity index is 292. The minimum atomic E-state index is 0.215. The van der Waals surface area contributed by atoms with Crippen molar-refractivity contribution in [3.8, 4) is 0 Å². The molecule has 15 heavy (non-hydrogen) atoms. The van der Waals surface area contributed by atoms with Crippen molar-refractivity contribution in [3.05, 3.63) is 16.1 Å². The van der Waals surface area contributed by atoms with Crippen molar-refractivity contribution in [2.24, 2.45) is 11.1 Å². The molecule has 0 fully saturated rings. The summed E-state index contributed by atoms with van der Waals surface area (Å²) in [5.74, 6) is 0. The maximum Gasteiger partial charge on any atom is 0.107 e. The molecule has 0 aliphatic heterocycles. The van der Waals surface area contributed by atoms with E-state index in [2.05, 4.69) is 29.5 Å². The minimum absolute atomic E-state index is 0.215. The van der Waals surface area contributed by atoms with Gasteiger partial charge in [-0.05, 0) is 25.3 Å². The van der Waals surface area contributed by atoms with E-state index in [-0.39, 0.29) is 5.41 Å². The summed E-state index contributed by atoms with van der Waals surface area (Å²) in [5.41, 5.74) is 7.07. The third-order valence-electron chi connectivity index (χ3n) is 2.84. The highest BCUT2D eigenvalue weighted by Crippen LogP contribution is 2.17. The second kappa shape index (κ2) is 5.58. The highest BCUT2D eigenvalue weighted by Gasteiger charge is 2.19. The van der Waals surface area contributed by atoms with Gasteiger partial charge in [-0.3, -0.25) is 0 Å². The number of hydrogen-bond donors (Lipinski definition) is 2. The first-order valence-corrected chi connectivity index (χ1v) is 6.29.